The van der Waals surface area contributed by atoms with Crippen LogP contribution in [0.4, 0.5) is 4.39 Å². The summed E-state index contributed by atoms with van der Waals surface area (Å²) in [5.41, 5.74) is 1.40. The Morgan fingerprint density at radius 2 is 2.04 bits per heavy atom. The molecule has 4 nitrogen and oxygen atoms in total. The van der Waals surface area contributed by atoms with Crippen LogP contribution in [-0.4, -0.2) is 9.55 Å². The summed E-state index contributed by atoms with van der Waals surface area (Å²) >= 11 is 0. The highest BCUT2D eigenvalue weighted by Gasteiger charge is 2.15. The molecule has 0 saturated heterocycles. The average Bonchev–Trinajstić information content (AvgIpc) is 3.18. The van der Waals surface area contributed by atoms with Gasteiger partial charge in [0.2, 0.25) is 0 Å². The van der Waals surface area contributed by atoms with Crippen LogP contribution in [0.15, 0.2) is 53.4 Å². The van der Waals surface area contributed by atoms with Crippen LogP contribution in [0.25, 0.3) is 5.69 Å². The summed E-state index contributed by atoms with van der Waals surface area (Å²) in [6.07, 6.45) is 5.08. The Morgan fingerprint density at radius 1 is 1.22 bits per heavy atom. The first-order chi connectivity index (χ1) is 11.1. The summed E-state index contributed by atoms with van der Waals surface area (Å²) in [5, 5.41) is 3.41. The third kappa shape index (κ3) is 3.19. The lowest BCUT2D eigenvalue weighted by atomic mass is 10.1. The van der Waals surface area contributed by atoms with Crippen molar-refractivity contribution in [2.75, 3.05) is 0 Å². The summed E-state index contributed by atoms with van der Waals surface area (Å²) in [6.45, 7) is 5.88. The molecule has 3 aromatic rings. The molecule has 2 heterocycles. The van der Waals surface area contributed by atoms with Gasteiger partial charge in [-0.2, -0.15) is 0 Å². The van der Waals surface area contributed by atoms with Gasteiger partial charge in [-0.25, -0.2) is 9.37 Å². The van der Waals surface area contributed by atoms with Crippen LogP contribution < -0.4 is 5.32 Å². The fourth-order valence-electron chi connectivity index (χ4n) is 2.71. The quantitative estimate of drug-likeness (QED) is 0.762. The fraction of sp³-hybridized carbons (Fsp3) is 0.278. The van der Waals surface area contributed by atoms with Crippen molar-refractivity contribution in [1.29, 1.82) is 0 Å². The van der Waals surface area contributed by atoms with Gasteiger partial charge < -0.3 is 14.3 Å². The van der Waals surface area contributed by atoms with E-state index >= 15 is 0 Å². The third-order valence-corrected chi connectivity index (χ3v) is 4.03. The Labute approximate surface area is 135 Å². The molecule has 0 amide bonds. The maximum absolute atomic E-state index is 14.5. The molecular weight excluding hydrogens is 293 g/mol. The first kappa shape index (κ1) is 15.5. The van der Waals surface area contributed by atoms with Crippen LogP contribution in [0.3, 0.4) is 0 Å². The van der Waals surface area contributed by atoms with Crippen molar-refractivity contribution in [3.05, 3.63) is 72.0 Å². The fourth-order valence-corrected chi connectivity index (χ4v) is 2.71. The normalized spacial score (nSPS) is 13.9. The van der Waals surface area contributed by atoms with Gasteiger partial charge in [-0.3, -0.25) is 0 Å². The molecule has 0 spiro atoms. The van der Waals surface area contributed by atoms with Gasteiger partial charge in [0.1, 0.15) is 17.4 Å². The number of imidazole rings is 1. The summed E-state index contributed by atoms with van der Waals surface area (Å²) in [5.74, 6) is 1.36. The maximum atomic E-state index is 14.5. The Morgan fingerprint density at radius 3 is 2.65 bits per heavy atom. The predicted molar refractivity (Wildman–Crippen MR) is 86.9 cm³/mol. The monoisotopic (exact) mass is 313 g/mol. The number of hydrogen-bond acceptors (Lipinski definition) is 3. The van der Waals surface area contributed by atoms with Crippen LogP contribution in [0, 0.1) is 12.7 Å². The number of benzene rings is 1. The molecule has 0 radical (unpaired) electrons. The second-order valence-corrected chi connectivity index (χ2v) is 5.68. The Bertz CT molecular complexity index is 779. The van der Waals surface area contributed by atoms with E-state index in [9.17, 15) is 4.39 Å². The number of nitrogens with one attached hydrogen (secondary N) is 1. The van der Waals surface area contributed by atoms with E-state index in [4.69, 9.17) is 4.42 Å². The minimum Gasteiger partial charge on any atom is -0.468 e. The standard InChI is InChI=1S/C18H20FN3O/c1-12(21-13(2)18-5-4-10-23-18)15-6-7-17(16(19)11-15)22-9-8-20-14(22)3/h4-13,21H,1-3H3/t12-,13-/m0/s1. The van der Waals surface area contributed by atoms with Gasteiger partial charge in [0.15, 0.2) is 0 Å². The summed E-state index contributed by atoms with van der Waals surface area (Å²) in [7, 11) is 0. The molecule has 120 valence electrons. The molecule has 23 heavy (non-hydrogen) atoms. The lowest BCUT2D eigenvalue weighted by molar-refractivity contribution is 0.402. The van der Waals surface area contributed by atoms with Gasteiger partial charge >= 0.3 is 0 Å². The van der Waals surface area contributed by atoms with Crippen LogP contribution in [0.2, 0.25) is 0 Å². The third-order valence-electron chi connectivity index (χ3n) is 4.03. The second-order valence-electron chi connectivity index (χ2n) is 5.68. The van der Waals surface area contributed by atoms with Gasteiger partial charge in [-0.05, 0) is 50.6 Å². The van der Waals surface area contributed by atoms with E-state index in [1.54, 1.807) is 35.4 Å². The first-order valence-corrected chi connectivity index (χ1v) is 7.65. The molecule has 0 aliphatic rings. The van der Waals surface area contributed by atoms with E-state index < -0.39 is 0 Å². The Hall–Kier alpha value is -2.40. The van der Waals surface area contributed by atoms with Crippen molar-refractivity contribution in [3.8, 4) is 5.69 Å². The molecule has 1 aromatic carbocycles. The van der Waals surface area contributed by atoms with Crippen molar-refractivity contribution in [2.45, 2.75) is 32.9 Å². The number of aryl methyl sites for hydroxylation is 1. The van der Waals surface area contributed by atoms with Crippen LogP contribution in [0.5, 0.6) is 0 Å². The summed E-state index contributed by atoms with van der Waals surface area (Å²) in [6, 6.07) is 9.14. The lowest BCUT2D eigenvalue weighted by Gasteiger charge is -2.19. The highest BCUT2D eigenvalue weighted by Crippen LogP contribution is 2.23. The van der Waals surface area contributed by atoms with E-state index in [2.05, 4.69) is 10.3 Å². The molecule has 0 aliphatic heterocycles. The number of rotatable bonds is 5. The number of nitrogens with zero attached hydrogens (tertiary/aromatic N) is 2. The largest absolute Gasteiger partial charge is 0.468 e. The first-order valence-electron chi connectivity index (χ1n) is 7.65. The van der Waals surface area contributed by atoms with Gasteiger partial charge in [-0.1, -0.05) is 6.07 Å². The van der Waals surface area contributed by atoms with E-state index in [1.807, 2.05) is 39.0 Å². The van der Waals surface area contributed by atoms with Gasteiger partial charge in [-0.15, -0.1) is 0 Å². The van der Waals surface area contributed by atoms with E-state index in [0.29, 0.717) is 5.69 Å². The number of furan rings is 1. The topological polar surface area (TPSA) is 43.0 Å². The molecular formula is C18H20FN3O. The van der Waals surface area contributed by atoms with Crippen molar-refractivity contribution < 1.29 is 8.81 Å². The molecule has 2 aromatic heterocycles. The van der Waals surface area contributed by atoms with Gasteiger partial charge in [0.05, 0.1) is 18.0 Å². The number of halogens is 1. The van der Waals surface area contributed by atoms with Crippen molar-refractivity contribution in [3.63, 3.8) is 0 Å². The minimum absolute atomic E-state index is 0.00235. The number of hydrogen-bond donors (Lipinski definition) is 1. The molecule has 1 N–H and O–H groups in total. The molecule has 0 saturated carbocycles. The Balaban J connectivity index is 1.78. The SMILES string of the molecule is Cc1nccn1-c1ccc([C@H](C)N[C@@H](C)c2ccco2)cc1F. The van der Waals surface area contributed by atoms with Crippen LogP contribution in [0.1, 0.15) is 43.1 Å². The van der Waals surface area contributed by atoms with E-state index in [-0.39, 0.29) is 17.9 Å². The molecule has 0 unspecified atom stereocenters. The zero-order valence-corrected chi connectivity index (χ0v) is 13.5. The van der Waals surface area contributed by atoms with Crippen molar-refractivity contribution >= 4 is 0 Å². The van der Waals surface area contributed by atoms with Crippen molar-refractivity contribution in [2.24, 2.45) is 0 Å². The predicted octanol–water partition coefficient (Wildman–Crippen LogP) is 4.32. The molecule has 0 bridgehead atoms. The van der Waals surface area contributed by atoms with E-state index in [1.165, 1.54) is 0 Å². The lowest BCUT2D eigenvalue weighted by Crippen LogP contribution is -2.22. The second kappa shape index (κ2) is 6.38. The smallest absolute Gasteiger partial charge is 0.147 e. The van der Waals surface area contributed by atoms with Crippen LogP contribution in [-0.2, 0) is 0 Å². The highest BCUT2D eigenvalue weighted by molar-refractivity contribution is 5.38. The molecule has 5 heteroatoms. The highest BCUT2D eigenvalue weighted by atomic mass is 19.1. The summed E-state index contributed by atoms with van der Waals surface area (Å²) in [4.78, 5) is 4.13. The van der Waals surface area contributed by atoms with Crippen LogP contribution >= 0.6 is 0 Å². The average molecular weight is 313 g/mol. The van der Waals surface area contributed by atoms with Gasteiger partial charge in [0.25, 0.3) is 0 Å². The molecule has 0 fully saturated rings. The molecule has 0 aliphatic carbocycles. The van der Waals surface area contributed by atoms with E-state index in [0.717, 1.165) is 17.1 Å². The zero-order chi connectivity index (χ0) is 16.4. The van der Waals surface area contributed by atoms with Gasteiger partial charge in [0, 0.05) is 18.4 Å². The zero-order valence-electron chi connectivity index (χ0n) is 13.5. The minimum atomic E-state index is -0.261. The maximum Gasteiger partial charge on any atom is 0.147 e. The molecule has 3 rings (SSSR count). The summed E-state index contributed by atoms with van der Waals surface area (Å²) < 4.78 is 21.6. The Kier molecular flexibility index (Phi) is 4.30. The molecule has 2 atom stereocenters. The number of aromatic nitrogens is 2. The van der Waals surface area contributed by atoms with Crippen molar-refractivity contribution in [1.82, 2.24) is 14.9 Å².